The molecule has 2 N–H and O–H groups in total. The Hall–Kier alpha value is -2.26. The number of hydrogen-bond acceptors (Lipinski definition) is 5. The molecule has 0 aliphatic heterocycles. The molecule has 2 aromatic heterocycles. The molecule has 0 radical (unpaired) electrons. The summed E-state index contributed by atoms with van der Waals surface area (Å²) < 4.78 is 1.45. The van der Waals surface area contributed by atoms with Gasteiger partial charge in [0.1, 0.15) is 12.4 Å². The molecule has 0 spiro atoms. The Bertz CT molecular complexity index is 536. The van der Waals surface area contributed by atoms with Crippen LogP contribution < -0.4 is 5.73 Å². The SMILES string of the molecule is CC(N)c1ccnc(-n2cnc(C#N)n2)c1. The maximum absolute atomic E-state index is 8.61. The molecule has 16 heavy (non-hydrogen) atoms. The molecule has 0 fully saturated rings. The Kier molecular flexibility index (Phi) is 2.62. The first-order valence-electron chi connectivity index (χ1n) is 4.74. The first kappa shape index (κ1) is 10.3. The van der Waals surface area contributed by atoms with Crippen molar-refractivity contribution >= 4 is 0 Å². The highest BCUT2D eigenvalue weighted by molar-refractivity contribution is 5.28. The van der Waals surface area contributed by atoms with E-state index >= 15 is 0 Å². The van der Waals surface area contributed by atoms with Gasteiger partial charge in [0.25, 0.3) is 5.82 Å². The number of pyridine rings is 1. The van der Waals surface area contributed by atoms with Crippen LogP contribution in [-0.4, -0.2) is 19.7 Å². The van der Waals surface area contributed by atoms with Crippen LogP contribution in [-0.2, 0) is 0 Å². The molecule has 2 heterocycles. The maximum atomic E-state index is 8.61. The number of nitriles is 1. The fourth-order valence-electron chi connectivity index (χ4n) is 1.27. The van der Waals surface area contributed by atoms with Gasteiger partial charge in [-0.05, 0) is 24.6 Å². The van der Waals surface area contributed by atoms with Crippen LogP contribution in [0.1, 0.15) is 24.4 Å². The lowest BCUT2D eigenvalue weighted by Crippen LogP contribution is -2.07. The molecule has 1 atom stereocenters. The molecule has 0 saturated heterocycles. The highest BCUT2D eigenvalue weighted by Crippen LogP contribution is 2.11. The second kappa shape index (κ2) is 4.08. The fourth-order valence-corrected chi connectivity index (χ4v) is 1.27. The Balaban J connectivity index is 2.41. The lowest BCUT2D eigenvalue weighted by molar-refractivity contribution is 0.794. The molecule has 0 aliphatic carbocycles. The van der Waals surface area contributed by atoms with E-state index in [4.69, 9.17) is 11.0 Å². The minimum Gasteiger partial charge on any atom is -0.324 e. The van der Waals surface area contributed by atoms with Crippen LogP contribution in [0.3, 0.4) is 0 Å². The van der Waals surface area contributed by atoms with Crippen molar-refractivity contribution in [3.8, 4) is 11.9 Å². The van der Waals surface area contributed by atoms with Crippen LogP contribution in [0.5, 0.6) is 0 Å². The van der Waals surface area contributed by atoms with Gasteiger partial charge in [0.2, 0.25) is 0 Å². The first-order chi connectivity index (χ1) is 7.70. The van der Waals surface area contributed by atoms with Crippen molar-refractivity contribution < 1.29 is 0 Å². The van der Waals surface area contributed by atoms with E-state index in [1.165, 1.54) is 11.0 Å². The summed E-state index contributed by atoms with van der Waals surface area (Å²) in [5.74, 6) is 0.719. The minimum atomic E-state index is -0.0688. The molecule has 1 unspecified atom stereocenters. The van der Waals surface area contributed by atoms with Crippen molar-refractivity contribution in [3.05, 3.63) is 36.0 Å². The quantitative estimate of drug-likeness (QED) is 0.788. The lowest BCUT2D eigenvalue weighted by atomic mass is 10.1. The number of hydrogen-bond donors (Lipinski definition) is 1. The Labute approximate surface area is 92.4 Å². The van der Waals surface area contributed by atoms with Crippen LogP contribution in [0.15, 0.2) is 24.7 Å². The summed E-state index contributed by atoms with van der Waals surface area (Å²) >= 11 is 0. The molecular formula is C10H10N6. The van der Waals surface area contributed by atoms with Crippen LogP contribution in [0.4, 0.5) is 0 Å². The van der Waals surface area contributed by atoms with Crippen molar-refractivity contribution in [2.24, 2.45) is 5.73 Å². The highest BCUT2D eigenvalue weighted by Gasteiger charge is 2.05. The third-order valence-corrected chi connectivity index (χ3v) is 2.12. The van der Waals surface area contributed by atoms with E-state index in [2.05, 4.69) is 15.1 Å². The standard InChI is InChI=1S/C10H10N6/c1-7(12)8-2-3-13-10(4-8)16-6-14-9(5-11)15-16/h2-4,6-7H,12H2,1H3. The summed E-state index contributed by atoms with van der Waals surface area (Å²) in [5, 5.41) is 12.6. The van der Waals surface area contributed by atoms with E-state index in [1.807, 2.05) is 25.1 Å². The topological polar surface area (TPSA) is 93.4 Å². The molecule has 2 rings (SSSR count). The van der Waals surface area contributed by atoms with E-state index in [0.717, 1.165) is 5.56 Å². The number of nitrogens with zero attached hydrogens (tertiary/aromatic N) is 5. The maximum Gasteiger partial charge on any atom is 0.252 e. The second-order valence-electron chi connectivity index (χ2n) is 3.36. The van der Waals surface area contributed by atoms with Gasteiger partial charge in [-0.25, -0.2) is 14.6 Å². The molecule has 0 saturated carbocycles. The Morgan fingerprint density at radius 3 is 2.94 bits per heavy atom. The Morgan fingerprint density at radius 1 is 1.50 bits per heavy atom. The van der Waals surface area contributed by atoms with Crippen molar-refractivity contribution in [1.82, 2.24) is 19.7 Å². The van der Waals surface area contributed by atoms with E-state index in [1.54, 1.807) is 6.20 Å². The van der Waals surface area contributed by atoms with Gasteiger partial charge in [-0.15, -0.1) is 5.10 Å². The summed E-state index contributed by atoms with van der Waals surface area (Å²) in [6.45, 7) is 1.89. The number of rotatable bonds is 2. The summed E-state index contributed by atoms with van der Waals surface area (Å²) in [5.41, 5.74) is 6.72. The van der Waals surface area contributed by atoms with Crippen LogP contribution in [0.2, 0.25) is 0 Å². The van der Waals surface area contributed by atoms with Crippen LogP contribution in [0, 0.1) is 11.3 Å². The van der Waals surface area contributed by atoms with Crippen molar-refractivity contribution in [1.29, 1.82) is 5.26 Å². The van der Waals surface area contributed by atoms with E-state index < -0.39 is 0 Å². The lowest BCUT2D eigenvalue weighted by Gasteiger charge is -2.06. The van der Waals surface area contributed by atoms with Crippen LogP contribution in [0.25, 0.3) is 5.82 Å². The minimum absolute atomic E-state index is 0.0688. The smallest absolute Gasteiger partial charge is 0.252 e. The largest absolute Gasteiger partial charge is 0.324 e. The fraction of sp³-hybridized carbons (Fsp3) is 0.200. The van der Waals surface area contributed by atoms with Gasteiger partial charge in [-0.3, -0.25) is 0 Å². The van der Waals surface area contributed by atoms with Gasteiger partial charge in [-0.2, -0.15) is 5.26 Å². The predicted molar refractivity (Wildman–Crippen MR) is 56.5 cm³/mol. The molecule has 0 aromatic carbocycles. The third-order valence-electron chi connectivity index (χ3n) is 2.12. The number of nitrogens with two attached hydrogens (primary N) is 1. The van der Waals surface area contributed by atoms with Crippen LogP contribution >= 0.6 is 0 Å². The zero-order chi connectivity index (χ0) is 11.5. The van der Waals surface area contributed by atoms with Gasteiger partial charge in [0.15, 0.2) is 5.82 Å². The molecule has 6 nitrogen and oxygen atoms in total. The van der Waals surface area contributed by atoms with Crippen molar-refractivity contribution in [2.45, 2.75) is 13.0 Å². The average molecular weight is 214 g/mol. The predicted octanol–water partition coefficient (Wildman–Crippen LogP) is 0.554. The second-order valence-corrected chi connectivity index (χ2v) is 3.36. The van der Waals surface area contributed by atoms with E-state index in [-0.39, 0.29) is 11.9 Å². The monoisotopic (exact) mass is 214 g/mol. The van der Waals surface area contributed by atoms with Gasteiger partial charge < -0.3 is 5.73 Å². The molecule has 0 aliphatic rings. The molecule has 0 bridgehead atoms. The third kappa shape index (κ3) is 1.89. The summed E-state index contributed by atoms with van der Waals surface area (Å²) in [4.78, 5) is 7.94. The van der Waals surface area contributed by atoms with Crippen molar-refractivity contribution in [2.75, 3.05) is 0 Å². The normalized spacial score (nSPS) is 12.1. The zero-order valence-corrected chi connectivity index (χ0v) is 8.70. The zero-order valence-electron chi connectivity index (χ0n) is 8.70. The van der Waals surface area contributed by atoms with Gasteiger partial charge in [-0.1, -0.05) is 0 Å². The first-order valence-corrected chi connectivity index (χ1v) is 4.74. The average Bonchev–Trinajstić information content (AvgIpc) is 2.77. The molecular weight excluding hydrogens is 204 g/mol. The summed E-state index contributed by atoms with van der Waals surface area (Å²) in [6, 6.07) is 5.45. The van der Waals surface area contributed by atoms with Gasteiger partial charge >= 0.3 is 0 Å². The van der Waals surface area contributed by atoms with E-state index in [9.17, 15) is 0 Å². The van der Waals surface area contributed by atoms with Gasteiger partial charge in [0.05, 0.1) is 0 Å². The van der Waals surface area contributed by atoms with Crippen molar-refractivity contribution in [3.63, 3.8) is 0 Å². The molecule has 2 aromatic rings. The summed E-state index contributed by atoms with van der Waals surface area (Å²) in [6.07, 6.45) is 3.10. The van der Waals surface area contributed by atoms with Gasteiger partial charge in [0, 0.05) is 12.2 Å². The number of aromatic nitrogens is 4. The highest BCUT2D eigenvalue weighted by atomic mass is 15.4. The molecule has 6 heteroatoms. The molecule has 80 valence electrons. The molecule has 0 amide bonds. The Morgan fingerprint density at radius 2 is 2.31 bits per heavy atom. The summed E-state index contributed by atoms with van der Waals surface area (Å²) in [7, 11) is 0. The van der Waals surface area contributed by atoms with E-state index in [0.29, 0.717) is 5.82 Å².